The lowest BCUT2D eigenvalue weighted by Gasteiger charge is -2.20. The molecular weight excluding hydrogens is 248 g/mol. The number of nitrogens with zero attached hydrogens (tertiary/aromatic N) is 1. The van der Waals surface area contributed by atoms with Gasteiger partial charge >= 0.3 is 0 Å². The van der Waals surface area contributed by atoms with Gasteiger partial charge in [-0.3, -0.25) is 4.79 Å². The summed E-state index contributed by atoms with van der Waals surface area (Å²) in [4.78, 5) is 13.2. The highest BCUT2D eigenvalue weighted by molar-refractivity contribution is 7.10. The quantitative estimate of drug-likeness (QED) is 0.922. The van der Waals surface area contributed by atoms with Crippen molar-refractivity contribution in [1.82, 2.24) is 10.5 Å². The zero-order valence-corrected chi connectivity index (χ0v) is 11.5. The van der Waals surface area contributed by atoms with Crippen LogP contribution in [-0.4, -0.2) is 11.1 Å². The van der Waals surface area contributed by atoms with E-state index in [2.05, 4.69) is 24.3 Å². The Morgan fingerprint density at radius 2 is 2.28 bits per heavy atom. The van der Waals surface area contributed by atoms with Crippen LogP contribution in [0.5, 0.6) is 0 Å². The molecule has 0 bridgehead atoms. The standard InChI is InChI=1S/C13H16N2O2S/c1-8(2)12(11-5-4-6-18-11)14-13(16)10-7-9(3)15-17-10/h4-8,12H,1-3H3,(H,14,16). The Kier molecular flexibility index (Phi) is 3.81. The lowest BCUT2D eigenvalue weighted by atomic mass is 10.0. The first-order valence-electron chi connectivity index (χ1n) is 5.85. The molecule has 2 aromatic rings. The minimum Gasteiger partial charge on any atom is -0.351 e. The van der Waals surface area contributed by atoms with Crippen LogP contribution in [0.2, 0.25) is 0 Å². The maximum Gasteiger partial charge on any atom is 0.290 e. The minimum atomic E-state index is -0.220. The van der Waals surface area contributed by atoms with Crippen LogP contribution in [0.1, 0.15) is 41.0 Å². The van der Waals surface area contributed by atoms with E-state index in [1.165, 1.54) is 0 Å². The molecule has 18 heavy (non-hydrogen) atoms. The molecule has 1 amide bonds. The van der Waals surface area contributed by atoms with E-state index in [1.54, 1.807) is 24.3 Å². The molecule has 0 saturated carbocycles. The summed E-state index contributed by atoms with van der Waals surface area (Å²) < 4.78 is 4.97. The average Bonchev–Trinajstić information content (AvgIpc) is 2.95. The number of hydrogen-bond donors (Lipinski definition) is 1. The molecule has 96 valence electrons. The largest absolute Gasteiger partial charge is 0.351 e. The number of carbonyl (C=O) groups excluding carboxylic acids is 1. The Morgan fingerprint density at radius 3 is 2.78 bits per heavy atom. The minimum absolute atomic E-state index is 0.00269. The van der Waals surface area contributed by atoms with Gasteiger partial charge in [0.1, 0.15) is 0 Å². The smallest absolute Gasteiger partial charge is 0.290 e. The van der Waals surface area contributed by atoms with E-state index < -0.39 is 0 Å². The molecule has 1 atom stereocenters. The van der Waals surface area contributed by atoms with Crippen molar-refractivity contribution in [1.29, 1.82) is 0 Å². The Bertz CT molecular complexity index is 517. The number of rotatable bonds is 4. The molecule has 5 heteroatoms. The van der Waals surface area contributed by atoms with Gasteiger partial charge in [-0.1, -0.05) is 25.1 Å². The van der Waals surface area contributed by atoms with Gasteiger partial charge in [-0.2, -0.15) is 0 Å². The van der Waals surface area contributed by atoms with Crippen LogP contribution in [0.15, 0.2) is 28.1 Å². The summed E-state index contributed by atoms with van der Waals surface area (Å²) in [5.41, 5.74) is 0.706. The molecule has 2 aromatic heterocycles. The Balaban J connectivity index is 2.13. The van der Waals surface area contributed by atoms with E-state index in [-0.39, 0.29) is 17.7 Å². The Morgan fingerprint density at radius 1 is 1.50 bits per heavy atom. The molecule has 1 unspecified atom stereocenters. The highest BCUT2D eigenvalue weighted by Gasteiger charge is 2.21. The van der Waals surface area contributed by atoms with E-state index in [0.717, 1.165) is 4.88 Å². The van der Waals surface area contributed by atoms with Crippen LogP contribution in [0.25, 0.3) is 0 Å². The van der Waals surface area contributed by atoms with Gasteiger partial charge in [0.15, 0.2) is 0 Å². The van der Waals surface area contributed by atoms with Gasteiger partial charge in [0.05, 0.1) is 11.7 Å². The normalized spacial score (nSPS) is 12.7. The highest BCUT2D eigenvalue weighted by atomic mass is 32.1. The molecule has 1 N–H and O–H groups in total. The van der Waals surface area contributed by atoms with Gasteiger partial charge in [-0.25, -0.2) is 0 Å². The van der Waals surface area contributed by atoms with Crippen LogP contribution in [0.4, 0.5) is 0 Å². The van der Waals surface area contributed by atoms with Crippen LogP contribution in [0.3, 0.4) is 0 Å². The average molecular weight is 264 g/mol. The topological polar surface area (TPSA) is 55.1 Å². The number of hydrogen-bond acceptors (Lipinski definition) is 4. The molecule has 0 aromatic carbocycles. The van der Waals surface area contributed by atoms with E-state index in [4.69, 9.17) is 4.52 Å². The lowest BCUT2D eigenvalue weighted by molar-refractivity contribution is 0.0889. The molecule has 2 rings (SSSR count). The third kappa shape index (κ3) is 2.79. The molecule has 0 saturated heterocycles. The summed E-state index contributed by atoms with van der Waals surface area (Å²) in [6, 6.07) is 5.66. The predicted molar refractivity (Wildman–Crippen MR) is 70.6 cm³/mol. The number of carbonyl (C=O) groups is 1. The Hall–Kier alpha value is -1.62. The fourth-order valence-corrected chi connectivity index (χ4v) is 2.67. The van der Waals surface area contributed by atoms with Crippen molar-refractivity contribution in [2.24, 2.45) is 5.92 Å². The first kappa shape index (κ1) is 12.8. The fourth-order valence-electron chi connectivity index (χ4n) is 1.72. The van der Waals surface area contributed by atoms with Crippen molar-refractivity contribution in [3.8, 4) is 0 Å². The van der Waals surface area contributed by atoms with Crippen molar-refractivity contribution >= 4 is 17.2 Å². The fraction of sp³-hybridized carbons (Fsp3) is 0.385. The van der Waals surface area contributed by atoms with E-state index in [0.29, 0.717) is 11.6 Å². The number of aryl methyl sites for hydroxylation is 1. The summed E-state index contributed by atoms with van der Waals surface area (Å²) in [6.07, 6.45) is 0. The molecule has 0 spiro atoms. The van der Waals surface area contributed by atoms with Crippen molar-refractivity contribution < 1.29 is 9.32 Å². The zero-order chi connectivity index (χ0) is 13.1. The number of amides is 1. The third-order valence-corrected chi connectivity index (χ3v) is 3.61. The molecule has 0 aliphatic rings. The lowest BCUT2D eigenvalue weighted by Crippen LogP contribution is -2.30. The van der Waals surface area contributed by atoms with Crippen LogP contribution in [0, 0.1) is 12.8 Å². The van der Waals surface area contributed by atoms with Crippen molar-refractivity contribution in [3.63, 3.8) is 0 Å². The van der Waals surface area contributed by atoms with Crippen molar-refractivity contribution in [3.05, 3.63) is 39.9 Å². The van der Waals surface area contributed by atoms with Gasteiger partial charge in [-0.15, -0.1) is 11.3 Å². The van der Waals surface area contributed by atoms with Gasteiger partial charge in [-0.05, 0) is 24.3 Å². The Labute approximate surface area is 110 Å². The highest BCUT2D eigenvalue weighted by Crippen LogP contribution is 2.26. The van der Waals surface area contributed by atoms with Gasteiger partial charge in [0, 0.05) is 10.9 Å². The first-order valence-corrected chi connectivity index (χ1v) is 6.73. The van der Waals surface area contributed by atoms with Crippen molar-refractivity contribution in [2.45, 2.75) is 26.8 Å². The summed E-state index contributed by atoms with van der Waals surface area (Å²) in [7, 11) is 0. The number of thiophene rings is 1. The van der Waals surface area contributed by atoms with Crippen LogP contribution >= 0.6 is 11.3 Å². The first-order chi connectivity index (χ1) is 8.58. The monoisotopic (exact) mass is 264 g/mol. The zero-order valence-electron chi connectivity index (χ0n) is 10.6. The van der Waals surface area contributed by atoms with E-state index >= 15 is 0 Å². The maximum absolute atomic E-state index is 12.0. The summed E-state index contributed by atoms with van der Waals surface area (Å²) >= 11 is 1.64. The third-order valence-electron chi connectivity index (χ3n) is 2.65. The summed E-state index contributed by atoms with van der Waals surface area (Å²) in [6.45, 7) is 5.95. The molecule has 2 heterocycles. The molecule has 0 radical (unpaired) electrons. The summed E-state index contributed by atoms with van der Waals surface area (Å²) in [5, 5.41) is 8.71. The second-order valence-electron chi connectivity index (χ2n) is 4.54. The maximum atomic E-state index is 12.0. The van der Waals surface area contributed by atoms with E-state index in [1.807, 2.05) is 17.5 Å². The second-order valence-corrected chi connectivity index (χ2v) is 5.52. The van der Waals surface area contributed by atoms with Crippen LogP contribution < -0.4 is 5.32 Å². The number of nitrogens with one attached hydrogen (secondary N) is 1. The number of aromatic nitrogens is 1. The van der Waals surface area contributed by atoms with Crippen LogP contribution in [-0.2, 0) is 0 Å². The molecule has 4 nitrogen and oxygen atoms in total. The molecular formula is C13H16N2O2S. The second kappa shape index (κ2) is 5.35. The van der Waals surface area contributed by atoms with Gasteiger partial charge in [0.2, 0.25) is 5.76 Å². The SMILES string of the molecule is Cc1cc(C(=O)NC(c2cccs2)C(C)C)on1. The molecule has 0 aliphatic heterocycles. The van der Waals surface area contributed by atoms with Crippen molar-refractivity contribution in [2.75, 3.05) is 0 Å². The van der Waals surface area contributed by atoms with Gasteiger partial charge < -0.3 is 9.84 Å². The predicted octanol–water partition coefficient (Wildman–Crippen LogP) is 3.17. The molecule has 0 fully saturated rings. The van der Waals surface area contributed by atoms with E-state index in [9.17, 15) is 4.79 Å². The van der Waals surface area contributed by atoms with Gasteiger partial charge in [0.25, 0.3) is 5.91 Å². The molecule has 0 aliphatic carbocycles. The summed E-state index contributed by atoms with van der Waals surface area (Å²) in [5.74, 6) is 0.356.